The van der Waals surface area contributed by atoms with Crippen LogP contribution in [0.3, 0.4) is 0 Å². The number of piperidine rings is 1. The quantitative estimate of drug-likeness (QED) is 0.735. The Hall–Kier alpha value is -2.87. The van der Waals surface area contributed by atoms with Crippen LogP contribution in [0.4, 0.5) is 0 Å². The smallest absolute Gasteiger partial charge is 0.276 e. The minimum atomic E-state index is -0.428. The summed E-state index contributed by atoms with van der Waals surface area (Å²) in [5.41, 5.74) is 6.96. The summed E-state index contributed by atoms with van der Waals surface area (Å²) in [6, 6.07) is 9.38. The Morgan fingerprint density at radius 2 is 1.79 bits per heavy atom. The molecule has 7 nitrogen and oxygen atoms in total. The van der Waals surface area contributed by atoms with Crippen molar-refractivity contribution in [2.24, 2.45) is 5.92 Å². The molecule has 1 aliphatic rings. The van der Waals surface area contributed by atoms with Gasteiger partial charge in [0.25, 0.3) is 11.8 Å². The van der Waals surface area contributed by atoms with E-state index >= 15 is 0 Å². The van der Waals surface area contributed by atoms with Gasteiger partial charge in [0.1, 0.15) is 5.75 Å². The fourth-order valence-corrected chi connectivity index (χ4v) is 4.03. The van der Waals surface area contributed by atoms with Crippen molar-refractivity contribution in [1.82, 2.24) is 15.8 Å². The molecule has 0 bridgehead atoms. The average molecular weight is 416 g/mol. The number of carbonyl (C=O) groups is 3. The summed E-state index contributed by atoms with van der Waals surface area (Å²) in [6.07, 6.45) is 1.13. The van der Waals surface area contributed by atoms with Gasteiger partial charge in [-0.1, -0.05) is 12.1 Å². The van der Waals surface area contributed by atoms with Crippen LogP contribution in [0.25, 0.3) is 0 Å². The van der Waals surface area contributed by atoms with E-state index in [9.17, 15) is 14.4 Å². The lowest BCUT2D eigenvalue weighted by atomic mass is 9.96. The van der Waals surface area contributed by atoms with Crippen molar-refractivity contribution in [2.45, 2.75) is 26.7 Å². The van der Waals surface area contributed by atoms with Crippen LogP contribution >= 0.6 is 11.3 Å². The van der Waals surface area contributed by atoms with E-state index in [-0.39, 0.29) is 24.3 Å². The number of ether oxygens (including phenoxy) is 1. The summed E-state index contributed by atoms with van der Waals surface area (Å²) in [7, 11) is 0. The van der Waals surface area contributed by atoms with E-state index in [0.717, 1.165) is 11.1 Å². The third-order valence-electron chi connectivity index (χ3n) is 4.78. The SMILES string of the molecule is Cc1cc(C)cc(OCC(=O)NNC(=O)C2CCN(C(=O)c3cccs3)CC2)c1. The Morgan fingerprint density at radius 1 is 1.10 bits per heavy atom. The summed E-state index contributed by atoms with van der Waals surface area (Å²) in [4.78, 5) is 39.1. The van der Waals surface area contributed by atoms with E-state index in [1.807, 2.05) is 49.6 Å². The first-order valence-electron chi connectivity index (χ1n) is 9.55. The lowest BCUT2D eigenvalue weighted by molar-refractivity contribution is -0.132. The molecule has 1 aromatic carbocycles. The fraction of sp³-hybridized carbons (Fsp3) is 0.381. The highest BCUT2D eigenvalue weighted by molar-refractivity contribution is 7.12. The van der Waals surface area contributed by atoms with Gasteiger partial charge < -0.3 is 9.64 Å². The molecule has 154 valence electrons. The molecule has 3 amide bonds. The summed E-state index contributed by atoms with van der Waals surface area (Å²) < 4.78 is 5.48. The lowest BCUT2D eigenvalue weighted by Crippen LogP contribution is -2.49. The highest BCUT2D eigenvalue weighted by Crippen LogP contribution is 2.21. The molecule has 1 fully saturated rings. The van der Waals surface area contributed by atoms with Crippen molar-refractivity contribution in [3.63, 3.8) is 0 Å². The first-order chi connectivity index (χ1) is 13.9. The van der Waals surface area contributed by atoms with Crippen molar-refractivity contribution in [3.8, 4) is 5.75 Å². The van der Waals surface area contributed by atoms with Crippen LogP contribution in [0, 0.1) is 19.8 Å². The zero-order chi connectivity index (χ0) is 20.8. The van der Waals surface area contributed by atoms with E-state index in [0.29, 0.717) is 36.6 Å². The van der Waals surface area contributed by atoms with Crippen LogP contribution in [-0.4, -0.2) is 42.3 Å². The summed E-state index contributed by atoms with van der Waals surface area (Å²) >= 11 is 1.42. The van der Waals surface area contributed by atoms with Crippen LogP contribution in [0.2, 0.25) is 0 Å². The zero-order valence-corrected chi connectivity index (χ0v) is 17.4. The number of aryl methyl sites for hydroxylation is 2. The Morgan fingerprint density at radius 3 is 2.41 bits per heavy atom. The molecule has 1 saturated heterocycles. The molecule has 0 unspecified atom stereocenters. The molecule has 0 saturated carbocycles. The Bertz CT molecular complexity index is 854. The molecule has 2 N–H and O–H groups in total. The third kappa shape index (κ3) is 5.80. The number of hydrazine groups is 1. The first-order valence-corrected chi connectivity index (χ1v) is 10.4. The molecule has 0 spiro atoms. The monoisotopic (exact) mass is 415 g/mol. The lowest BCUT2D eigenvalue weighted by Gasteiger charge is -2.31. The predicted octanol–water partition coefficient (Wildman–Crippen LogP) is 2.44. The number of benzene rings is 1. The van der Waals surface area contributed by atoms with Crippen LogP contribution < -0.4 is 15.6 Å². The molecular formula is C21H25N3O4S. The van der Waals surface area contributed by atoms with Crippen LogP contribution in [0.5, 0.6) is 5.75 Å². The maximum Gasteiger partial charge on any atom is 0.276 e. The molecular weight excluding hydrogens is 390 g/mol. The summed E-state index contributed by atoms with van der Waals surface area (Å²) in [6.45, 7) is 4.78. The standard InChI is InChI=1S/C21H25N3O4S/c1-14-10-15(2)12-17(11-14)28-13-19(25)22-23-20(26)16-5-7-24(8-6-16)21(27)18-4-3-9-29-18/h3-4,9-12,16H,5-8,13H2,1-2H3,(H,22,25)(H,23,26). The summed E-state index contributed by atoms with van der Waals surface area (Å²) in [5, 5.41) is 1.87. The van der Waals surface area contributed by atoms with Crippen LogP contribution in [0.15, 0.2) is 35.7 Å². The number of carbonyl (C=O) groups excluding carboxylic acids is 3. The topological polar surface area (TPSA) is 87.7 Å². The molecule has 29 heavy (non-hydrogen) atoms. The van der Waals surface area contributed by atoms with E-state index < -0.39 is 5.91 Å². The van der Waals surface area contributed by atoms with Crippen molar-refractivity contribution in [3.05, 3.63) is 51.7 Å². The molecule has 2 heterocycles. The Kier molecular flexibility index (Phi) is 6.87. The Labute approximate surface area is 174 Å². The van der Waals surface area contributed by atoms with Gasteiger partial charge in [0.05, 0.1) is 4.88 Å². The molecule has 1 aliphatic heterocycles. The van der Waals surface area contributed by atoms with Gasteiger partial charge in [0, 0.05) is 19.0 Å². The molecule has 0 radical (unpaired) electrons. The van der Waals surface area contributed by atoms with Crippen LogP contribution in [-0.2, 0) is 9.59 Å². The van der Waals surface area contributed by atoms with E-state index in [2.05, 4.69) is 10.9 Å². The highest BCUT2D eigenvalue weighted by atomic mass is 32.1. The number of amides is 3. The zero-order valence-electron chi connectivity index (χ0n) is 16.6. The van der Waals surface area contributed by atoms with Crippen molar-refractivity contribution >= 4 is 29.1 Å². The maximum absolute atomic E-state index is 12.3. The van der Waals surface area contributed by atoms with E-state index in [1.54, 1.807) is 4.90 Å². The molecule has 8 heteroatoms. The molecule has 0 atom stereocenters. The number of thiophene rings is 1. The van der Waals surface area contributed by atoms with Gasteiger partial charge in [-0.25, -0.2) is 0 Å². The van der Waals surface area contributed by atoms with Gasteiger partial charge in [-0.05, 0) is 61.4 Å². The number of likely N-dealkylation sites (tertiary alicyclic amines) is 1. The second-order valence-electron chi connectivity index (χ2n) is 7.19. The van der Waals surface area contributed by atoms with Crippen molar-refractivity contribution in [1.29, 1.82) is 0 Å². The van der Waals surface area contributed by atoms with Gasteiger partial charge in [-0.15, -0.1) is 11.3 Å². The van der Waals surface area contributed by atoms with E-state index in [1.165, 1.54) is 11.3 Å². The summed E-state index contributed by atoms with van der Waals surface area (Å²) in [5.74, 6) is -0.277. The second-order valence-corrected chi connectivity index (χ2v) is 8.14. The van der Waals surface area contributed by atoms with E-state index in [4.69, 9.17) is 4.74 Å². The van der Waals surface area contributed by atoms with Gasteiger partial charge in [0.15, 0.2) is 6.61 Å². The molecule has 0 aliphatic carbocycles. The minimum Gasteiger partial charge on any atom is -0.484 e. The molecule has 1 aromatic heterocycles. The molecule has 3 rings (SSSR count). The largest absolute Gasteiger partial charge is 0.484 e. The maximum atomic E-state index is 12.3. The third-order valence-corrected chi connectivity index (χ3v) is 5.63. The number of rotatable bonds is 5. The number of hydrogen-bond acceptors (Lipinski definition) is 5. The average Bonchev–Trinajstić information content (AvgIpc) is 3.24. The predicted molar refractivity (Wildman–Crippen MR) is 111 cm³/mol. The Balaban J connectivity index is 1.38. The number of nitrogens with one attached hydrogen (secondary N) is 2. The van der Waals surface area contributed by atoms with Crippen molar-refractivity contribution < 1.29 is 19.1 Å². The van der Waals surface area contributed by atoms with Gasteiger partial charge in [0.2, 0.25) is 5.91 Å². The minimum absolute atomic E-state index is 0.00990. The highest BCUT2D eigenvalue weighted by Gasteiger charge is 2.28. The van der Waals surface area contributed by atoms with Gasteiger partial charge >= 0.3 is 0 Å². The second kappa shape index (κ2) is 9.56. The molecule has 2 aromatic rings. The van der Waals surface area contributed by atoms with Gasteiger partial charge in [-0.3, -0.25) is 25.2 Å². The normalized spacial score (nSPS) is 14.3. The number of nitrogens with zero attached hydrogens (tertiary/aromatic N) is 1. The van der Waals surface area contributed by atoms with Crippen LogP contribution in [0.1, 0.15) is 33.6 Å². The van der Waals surface area contributed by atoms with Gasteiger partial charge in [-0.2, -0.15) is 0 Å². The fourth-order valence-electron chi connectivity index (χ4n) is 3.34. The van der Waals surface area contributed by atoms with Crippen molar-refractivity contribution in [2.75, 3.05) is 19.7 Å². The number of hydrogen-bond donors (Lipinski definition) is 2. The first kappa shape index (κ1) is 20.9.